The van der Waals surface area contributed by atoms with Gasteiger partial charge in [-0.1, -0.05) is 0 Å². The Kier molecular flexibility index (Phi) is 5.37. The Morgan fingerprint density at radius 1 is 1.38 bits per heavy atom. The summed E-state index contributed by atoms with van der Waals surface area (Å²) in [6.07, 6.45) is 1.71. The van der Waals surface area contributed by atoms with E-state index in [1.807, 2.05) is 20.9 Å². The highest BCUT2D eigenvalue weighted by atomic mass is 16.7. The van der Waals surface area contributed by atoms with Crippen molar-refractivity contribution in [2.75, 3.05) is 13.2 Å². The van der Waals surface area contributed by atoms with Gasteiger partial charge in [-0.25, -0.2) is 4.98 Å². The first-order valence-corrected chi connectivity index (χ1v) is 5.50. The Morgan fingerprint density at radius 2 is 2.00 bits per heavy atom. The Morgan fingerprint density at radius 3 is 2.44 bits per heavy atom. The molecule has 0 aliphatic carbocycles. The van der Waals surface area contributed by atoms with Crippen LogP contribution in [-0.2, 0) is 22.9 Å². The molecule has 0 amide bonds. The molecular weight excluding hydrogens is 208 g/mol. The van der Waals surface area contributed by atoms with Gasteiger partial charge < -0.3 is 15.2 Å². The quantitative estimate of drug-likeness (QED) is 0.669. The fraction of sp³-hybridized carbons (Fsp3) is 0.800. The van der Waals surface area contributed by atoms with Gasteiger partial charge in [-0.3, -0.25) is 4.68 Å². The molecule has 92 valence electrons. The third kappa shape index (κ3) is 3.55. The van der Waals surface area contributed by atoms with Crippen LogP contribution >= 0.6 is 0 Å². The van der Waals surface area contributed by atoms with E-state index in [4.69, 9.17) is 15.2 Å². The van der Waals surface area contributed by atoms with Gasteiger partial charge in [0.15, 0.2) is 6.29 Å². The summed E-state index contributed by atoms with van der Waals surface area (Å²) in [4.78, 5) is 4.12. The molecule has 0 spiro atoms. The molecule has 1 aromatic heterocycles. The maximum Gasteiger partial charge on any atom is 0.172 e. The highest BCUT2D eigenvalue weighted by Gasteiger charge is 2.20. The van der Waals surface area contributed by atoms with E-state index in [1.165, 1.54) is 6.33 Å². The molecule has 0 bridgehead atoms. The molecule has 1 unspecified atom stereocenters. The second-order valence-electron chi connectivity index (χ2n) is 3.45. The van der Waals surface area contributed by atoms with Gasteiger partial charge in [0.25, 0.3) is 0 Å². The summed E-state index contributed by atoms with van der Waals surface area (Å²) in [6, 6.07) is -0.234. The minimum absolute atomic E-state index is 0.234. The topological polar surface area (TPSA) is 75.2 Å². The smallest absolute Gasteiger partial charge is 0.172 e. The maximum absolute atomic E-state index is 6.02. The number of rotatable bonds is 7. The van der Waals surface area contributed by atoms with Crippen LogP contribution in [0.2, 0.25) is 0 Å². The van der Waals surface area contributed by atoms with E-state index in [0.29, 0.717) is 19.6 Å². The highest BCUT2D eigenvalue weighted by molar-refractivity contribution is 4.89. The monoisotopic (exact) mass is 228 g/mol. The molecule has 1 aromatic rings. The molecule has 0 aliphatic rings. The number of hydrogen-bond acceptors (Lipinski definition) is 5. The number of aryl methyl sites for hydroxylation is 1. The molecule has 0 saturated heterocycles. The van der Waals surface area contributed by atoms with Gasteiger partial charge in [0, 0.05) is 26.7 Å². The first kappa shape index (κ1) is 13.1. The molecule has 0 aromatic carbocycles. The number of hydrogen-bond donors (Lipinski definition) is 1. The van der Waals surface area contributed by atoms with Gasteiger partial charge >= 0.3 is 0 Å². The molecule has 0 fully saturated rings. The summed E-state index contributed by atoms with van der Waals surface area (Å²) >= 11 is 0. The van der Waals surface area contributed by atoms with Crippen molar-refractivity contribution in [3.05, 3.63) is 12.2 Å². The molecule has 6 heteroatoms. The largest absolute Gasteiger partial charge is 0.351 e. The van der Waals surface area contributed by atoms with Crippen LogP contribution in [-0.4, -0.2) is 40.3 Å². The van der Waals surface area contributed by atoms with Crippen LogP contribution in [0.1, 0.15) is 19.7 Å². The first-order valence-electron chi connectivity index (χ1n) is 5.50. The molecule has 0 radical (unpaired) electrons. The molecule has 2 N–H and O–H groups in total. The third-order valence-electron chi connectivity index (χ3n) is 2.23. The first-order chi connectivity index (χ1) is 7.69. The Bertz CT molecular complexity index is 297. The second-order valence-corrected chi connectivity index (χ2v) is 3.45. The molecule has 16 heavy (non-hydrogen) atoms. The van der Waals surface area contributed by atoms with Gasteiger partial charge in [0.05, 0.1) is 6.04 Å². The Balaban J connectivity index is 2.54. The highest BCUT2D eigenvalue weighted by Crippen LogP contribution is 2.05. The predicted molar refractivity (Wildman–Crippen MR) is 59.7 cm³/mol. The summed E-state index contributed by atoms with van der Waals surface area (Å²) in [7, 11) is 1.84. The van der Waals surface area contributed by atoms with Crippen LogP contribution in [0, 0.1) is 0 Å². The van der Waals surface area contributed by atoms with Crippen LogP contribution in [0.4, 0.5) is 0 Å². The minimum atomic E-state index is -0.383. The van der Waals surface area contributed by atoms with E-state index >= 15 is 0 Å². The van der Waals surface area contributed by atoms with E-state index in [1.54, 1.807) is 4.68 Å². The molecule has 0 saturated carbocycles. The van der Waals surface area contributed by atoms with Crippen molar-refractivity contribution in [3.63, 3.8) is 0 Å². The SMILES string of the molecule is CCOC(OCC)C(N)Cc1ncnn1C. The normalized spacial score (nSPS) is 13.3. The zero-order chi connectivity index (χ0) is 12.0. The number of nitrogens with zero attached hydrogens (tertiary/aromatic N) is 3. The second kappa shape index (κ2) is 6.57. The van der Waals surface area contributed by atoms with Gasteiger partial charge in [-0.15, -0.1) is 0 Å². The fourth-order valence-electron chi connectivity index (χ4n) is 1.44. The van der Waals surface area contributed by atoms with E-state index in [2.05, 4.69) is 10.1 Å². The summed E-state index contributed by atoms with van der Waals surface area (Å²) < 4.78 is 12.6. The van der Waals surface area contributed by atoms with E-state index in [0.717, 1.165) is 5.82 Å². The van der Waals surface area contributed by atoms with Crippen molar-refractivity contribution in [1.82, 2.24) is 14.8 Å². The molecule has 0 aliphatic heterocycles. The van der Waals surface area contributed by atoms with Crippen LogP contribution in [0.5, 0.6) is 0 Å². The predicted octanol–water partition coefficient (Wildman–Crippen LogP) is 0.0840. The van der Waals surface area contributed by atoms with Crippen LogP contribution in [0.15, 0.2) is 6.33 Å². The van der Waals surface area contributed by atoms with Crippen LogP contribution in [0.25, 0.3) is 0 Å². The molecular formula is C10H20N4O2. The van der Waals surface area contributed by atoms with Crippen LogP contribution in [0.3, 0.4) is 0 Å². The van der Waals surface area contributed by atoms with Crippen molar-refractivity contribution in [2.45, 2.75) is 32.6 Å². The van der Waals surface area contributed by atoms with E-state index in [9.17, 15) is 0 Å². The lowest BCUT2D eigenvalue weighted by Gasteiger charge is -2.22. The summed E-state index contributed by atoms with van der Waals surface area (Å²) in [5.41, 5.74) is 6.02. The Labute approximate surface area is 95.7 Å². The van der Waals surface area contributed by atoms with Gasteiger partial charge in [0.1, 0.15) is 12.2 Å². The standard InChI is InChI=1S/C10H20N4O2/c1-4-15-10(16-5-2)8(11)6-9-12-7-13-14(9)3/h7-8,10H,4-6,11H2,1-3H3. The van der Waals surface area contributed by atoms with Crippen molar-refractivity contribution in [3.8, 4) is 0 Å². The fourth-order valence-corrected chi connectivity index (χ4v) is 1.44. The van der Waals surface area contributed by atoms with E-state index < -0.39 is 0 Å². The summed E-state index contributed by atoms with van der Waals surface area (Å²) in [5, 5.41) is 3.99. The average Bonchev–Trinajstić information content (AvgIpc) is 2.64. The molecule has 1 heterocycles. The number of nitrogens with two attached hydrogens (primary N) is 1. The molecule has 1 rings (SSSR count). The lowest BCUT2D eigenvalue weighted by Crippen LogP contribution is -2.41. The molecule has 6 nitrogen and oxygen atoms in total. The summed E-state index contributed by atoms with van der Waals surface area (Å²) in [6.45, 7) is 5.00. The van der Waals surface area contributed by atoms with E-state index in [-0.39, 0.29) is 12.3 Å². The number of aromatic nitrogens is 3. The number of ether oxygens (including phenoxy) is 2. The van der Waals surface area contributed by atoms with Crippen molar-refractivity contribution < 1.29 is 9.47 Å². The van der Waals surface area contributed by atoms with Crippen molar-refractivity contribution in [1.29, 1.82) is 0 Å². The van der Waals surface area contributed by atoms with Crippen LogP contribution < -0.4 is 5.73 Å². The lowest BCUT2D eigenvalue weighted by atomic mass is 10.2. The molecule has 1 atom stereocenters. The van der Waals surface area contributed by atoms with Gasteiger partial charge in [-0.2, -0.15) is 5.10 Å². The lowest BCUT2D eigenvalue weighted by molar-refractivity contribution is -0.148. The van der Waals surface area contributed by atoms with Gasteiger partial charge in [-0.05, 0) is 13.8 Å². The third-order valence-corrected chi connectivity index (χ3v) is 2.23. The average molecular weight is 228 g/mol. The van der Waals surface area contributed by atoms with Crippen molar-refractivity contribution in [2.24, 2.45) is 12.8 Å². The zero-order valence-electron chi connectivity index (χ0n) is 10.1. The zero-order valence-corrected chi connectivity index (χ0v) is 10.1. The Hall–Kier alpha value is -0.980. The van der Waals surface area contributed by atoms with Crippen molar-refractivity contribution >= 4 is 0 Å². The maximum atomic E-state index is 6.02. The van der Waals surface area contributed by atoms with Gasteiger partial charge in [0.2, 0.25) is 0 Å². The minimum Gasteiger partial charge on any atom is -0.351 e. The summed E-state index contributed by atoms with van der Waals surface area (Å²) in [5.74, 6) is 0.830.